The van der Waals surface area contributed by atoms with Crippen LogP contribution in [0.3, 0.4) is 0 Å². The van der Waals surface area contributed by atoms with Gasteiger partial charge >= 0.3 is 5.97 Å². The molecule has 0 saturated heterocycles. The first-order valence-corrected chi connectivity index (χ1v) is 5.07. The predicted molar refractivity (Wildman–Crippen MR) is 60.3 cm³/mol. The summed E-state index contributed by atoms with van der Waals surface area (Å²) in [5.74, 6) is -2.66. The number of esters is 1. The van der Waals surface area contributed by atoms with Gasteiger partial charge < -0.3 is 14.6 Å². The number of phenols is 1. The SMILES string of the molecule is CCOC(=O)C(=O)c1cc(C#N)cc(OC)c1O. The van der Waals surface area contributed by atoms with Crippen LogP contribution >= 0.6 is 0 Å². The molecule has 6 nitrogen and oxygen atoms in total. The Morgan fingerprint density at radius 1 is 1.44 bits per heavy atom. The van der Waals surface area contributed by atoms with Crippen LogP contribution in [0.1, 0.15) is 22.8 Å². The lowest BCUT2D eigenvalue weighted by molar-refractivity contribution is -0.137. The van der Waals surface area contributed by atoms with E-state index in [1.54, 1.807) is 13.0 Å². The lowest BCUT2D eigenvalue weighted by atomic mass is 10.1. The number of carbonyl (C=O) groups excluding carboxylic acids is 2. The molecule has 1 rings (SSSR count). The Balaban J connectivity index is 3.27. The Morgan fingerprint density at radius 3 is 2.61 bits per heavy atom. The van der Waals surface area contributed by atoms with Crippen LogP contribution in [0.15, 0.2) is 12.1 Å². The largest absolute Gasteiger partial charge is 0.504 e. The van der Waals surface area contributed by atoms with Gasteiger partial charge in [-0.1, -0.05) is 0 Å². The third kappa shape index (κ3) is 2.58. The van der Waals surface area contributed by atoms with Gasteiger partial charge in [-0.2, -0.15) is 5.26 Å². The van der Waals surface area contributed by atoms with Crippen LogP contribution in [0.5, 0.6) is 11.5 Å². The van der Waals surface area contributed by atoms with Gasteiger partial charge in [0.15, 0.2) is 11.5 Å². The van der Waals surface area contributed by atoms with Gasteiger partial charge in [-0.25, -0.2) is 4.79 Å². The standard InChI is InChI=1S/C12H11NO5/c1-3-18-12(16)11(15)8-4-7(6-13)5-9(17-2)10(8)14/h4-5,14H,3H2,1-2H3. The van der Waals surface area contributed by atoms with Crippen LogP contribution in [0.4, 0.5) is 0 Å². The fraction of sp³-hybridized carbons (Fsp3) is 0.250. The van der Waals surface area contributed by atoms with E-state index in [4.69, 9.17) is 10.00 Å². The normalized spacial score (nSPS) is 9.39. The smallest absolute Gasteiger partial charge is 0.379 e. The first-order chi connectivity index (χ1) is 8.54. The maximum atomic E-state index is 11.7. The minimum atomic E-state index is -1.09. The van der Waals surface area contributed by atoms with E-state index in [1.807, 2.05) is 0 Å². The molecule has 0 bridgehead atoms. The van der Waals surface area contributed by atoms with Crippen molar-refractivity contribution in [2.45, 2.75) is 6.92 Å². The van der Waals surface area contributed by atoms with Crippen molar-refractivity contribution in [3.8, 4) is 17.6 Å². The maximum Gasteiger partial charge on any atom is 0.379 e. The number of hydrogen-bond donors (Lipinski definition) is 1. The van der Waals surface area contributed by atoms with Gasteiger partial charge in [0.25, 0.3) is 5.78 Å². The van der Waals surface area contributed by atoms with E-state index in [-0.39, 0.29) is 23.5 Å². The highest BCUT2D eigenvalue weighted by Gasteiger charge is 2.24. The lowest BCUT2D eigenvalue weighted by Gasteiger charge is -2.08. The monoisotopic (exact) mass is 249 g/mol. The number of aromatic hydroxyl groups is 1. The molecule has 18 heavy (non-hydrogen) atoms. The highest BCUT2D eigenvalue weighted by atomic mass is 16.5. The van der Waals surface area contributed by atoms with E-state index in [1.165, 1.54) is 13.2 Å². The lowest BCUT2D eigenvalue weighted by Crippen LogP contribution is -2.18. The van der Waals surface area contributed by atoms with Gasteiger partial charge in [0.1, 0.15) is 0 Å². The zero-order valence-electron chi connectivity index (χ0n) is 9.89. The molecule has 0 amide bonds. The van der Waals surface area contributed by atoms with E-state index in [0.717, 1.165) is 6.07 Å². The molecule has 0 aliphatic rings. The number of nitriles is 1. The topological polar surface area (TPSA) is 96.6 Å². The van der Waals surface area contributed by atoms with Crippen molar-refractivity contribution in [2.75, 3.05) is 13.7 Å². The van der Waals surface area contributed by atoms with Crippen LogP contribution in [0, 0.1) is 11.3 Å². The number of benzene rings is 1. The molecule has 0 aromatic heterocycles. The van der Waals surface area contributed by atoms with E-state index in [2.05, 4.69) is 4.74 Å². The third-order valence-electron chi connectivity index (χ3n) is 2.13. The van der Waals surface area contributed by atoms with Gasteiger partial charge in [0.2, 0.25) is 0 Å². The van der Waals surface area contributed by atoms with E-state index in [0.29, 0.717) is 0 Å². The van der Waals surface area contributed by atoms with Crippen LogP contribution in [0.2, 0.25) is 0 Å². The number of hydrogen-bond acceptors (Lipinski definition) is 6. The molecule has 6 heteroatoms. The number of ether oxygens (including phenoxy) is 2. The summed E-state index contributed by atoms with van der Waals surface area (Å²) in [4.78, 5) is 23.0. The van der Waals surface area contributed by atoms with Gasteiger partial charge in [0, 0.05) is 6.07 Å². The molecule has 0 radical (unpaired) electrons. The molecule has 0 unspecified atom stereocenters. The number of phenolic OH excluding ortho intramolecular Hbond substituents is 1. The molecule has 0 saturated carbocycles. The molecular formula is C12H11NO5. The van der Waals surface area contributed by atoms with Gasteiger partial charge in [0.05, 0.1) is 30.9 Å². The van der Waals surface area contributed by atoms with Crippen molar-refractivity contribution in [1.29, 1.82) is 5.26 Å². The molecule has 1 N–H and O–H groups in total. The highest BCUT2D eigenvalue weighted by Crippen LogP contribution is 2.31. The molecule has 0 aliphatic heterocycles. The molecule has 94 valence electrons. The first kappa shape index (κ1) is 13.5. The van der Waals surface area contributed by atoms with Crippen LogP contribution < -0.4 is 4.74 Å². The fourth-order valence-electron chi connectivity index (χ4n) is 1.31. The van der Waals surface area contributed by atoms with E-state index < -0.39 is 17.5 Å². The van der Waals surface area contributed by atoms with Crippen molar-refractivity contribution < 1.29 is 24.2 Å². The summed E-state index contributed by atoms with van der Waals surface area (Å²) in [5, 5.41) is 18.5. The summed E-state index contributed by atoms with van der Waals surface area (Å²) in [6.07, 6.45) is 0. The van der Waals surface area contributed by atoms with E-state index in [9.17, 15) is 14.7 Å². The average Bonchev–Trinajstić information content (AvgIpc) is 2.38. The van der Waals surface area contributed by atoms with Crippen molar-refractivity contribution in [2.24, 2.45) is 0 Å². The first-order valence-electron chi connectivity index (χ1n) is 5.07. The summed E-state index contributed by atoms with van der Waals surface area (Å²) in [6.45, 7) is 1.59. The summed E-state index contributed by atoms with van der Waals surface area (Å²) >= 11 is 0. The second kappa shape index (κ2) is 5.68. The highest BCUT2D eigenvalue weighted by molar-refractivity contribution is 6.41. The summed E-state index contributed by atoms with van der Waals surface area (Å²) in [5.41, 5.74) is -0.221. The van der Waals surface area contributed by atoms with Crippen molar-refractivity contribution >= 4 is 11.8 Å². The minimum Gasteiger partial charge on any atom is -0.504 e. The number of methoxy groups -OCH3 is 1. The predicted octanol–water partition coefficient (Wildman–Crippen LogP) is 1.02. The summed E-state index contributed by atoms with van der Waals surface area (Å²) in [6, 6.07) is 4.17. The second-order valence-electron chi connectivity index (χ2n) is 3.24. The summed E-state index contributed by atoms with van der Waals surface area (Å²) < 4.78 is 9.35. The Bertz CT molecular complexity index is 530. The minimum absolute atomic E-state index is 0.0421. The number of ketones is 1. The molecular weight excluding hydrogens is 238 g/mol. The zero-order chi connectivity index (χ0) is 13.7. The average molecular weight is 249 g/mol. The molecule has 0 aliphatic carbocycles. The second-order valence-corrected chi connectivity index (χ2v) is 3.24. The van der Waals surface area contributed by atoms with Crippen molar-refractivity contribution in [3.05, 3.63) is 23.3 Å². The third-order valence-corrected chi connectivity index (χ3v) is 2.13. The number of rotatable bonds is 4. The Labute approximate surface area is 103 Å². The van der Waals surface area contributed by atoms with Crippen molar-refractivity contribution in [3.63, 3.8) is 0 Å². The zero-order valence-corrected chi connectivity index (χ0v) is 9.89. The van der Waals surface area contributed by atoms with Crippen LogP contribution in [-0.2, 0) is 9.53 Å². The van der Waals surface area contributed by atoms with Crippen LogP contribution in [0.25, 0.3) is 0 Å². The molecule has 0 heterocycles. The number of Topliss-reactive ketones (excluding diaryl/α,β-unsaturated/α-hetero) is 1. The maximum absolute atomic E-state index is 11.7. The molecule has 0 atom stereocenters. The summed E-state index contributed by atoms with van der Waals surface area (Å²) in [7, 11) is 1.27. The molecule has 1 aromatic carbocycles. The molecule has 0 fully saturated rings. The Morgan fingerprint density at radius 2 is 2.11 bits per heavy atom. The van der Waals surface area contributed by atoms with Crippen molar-refractivity contribution in [1.82, 2.24) is 0 Å². The Hall–Kier alpha value is -2.55. The fourth-order valence-corrected chi connectivity index (χ4v) is 1.31. The van der Waals surface area contributed by atoms with Gasteiger partial charge in [-0.15, -0.1) is 0 Å². The quantitative estimate of drug-likeness (QED) is 0.486. The number of carbonyl (C=O) groups is 2. The Kier molecular flexibility index (Phi) is 4.27. The molecule has 0 spiro atoms. The van der Waals surface area contributed by atoms with Gasteiger partial charge in [-0.3, -0.25) is 4.79 Å². The number of nitrogens with zero attached hydrogens (tertiary/aromatic N) is 1. The van der Waals surface area contributed by atoms with E-state index >= 15 is 0 Å². The van der Waals surface area contributed by atoms with Gasteiger partial charge in [-0.05, 0) is 13.0 Å². The van der Waals surface area contributed by atoms with Crippen LogP contribution in [-0.4, -0.2) is 30.6 Å². The molecule has 1 aromatic rings.